The van der Waals surface area contributed by atoms with Crippen LogP contribution in [0.25, 0.3) is 0 Å². The van der Waals surface area contributed by atoms with Crippen molar-refractivity contribution in [1.82, 2.24) is 4.90 Å². The number of likely N-dealkylation sites (tertiary alicyclic amines) is 1. The highest BCUT2D eigenvalue weighted by Crippen LogP contribution is 2.38. The summed E-state index contributed by atoms with van der Waals surface area (Å²) in [6.45, 7) is 3.70. The predicted octanol–water partition coefficient (Wildman–Crippen LogP) is 5.29. The van der Waals surface area contributed by atoms with Gasteiger partial charge in [0.25, 0.3) is 0 Å². The summed E-state index contributed by atoms with van der Waals surface area (Å²) < 4.78 is 11.2. The third-order valence-electron chi connectivity index (χ3n) is 5.23. The van der Waals surface area contributed by atoms with Gasteiger partial charge in [-0.3, -0.25) is 9.69 Å². The summed E-state index contributed by atoms with van der Waals surface area (Å²) in [6.07, 6.45) is 1.51. The number of nitrogens with zero attached hydrogens (tertiary/aromatic N) is 1. The number of piperidine rings is 1. The molecule has 2 aromatic rings. The lowest BCUT2D eigenvalue weighted by Crippen LogP contribution is -2.41. The lowest BCUT2D eigenvalue weighted by atomic mass is 9.91. The molecule has 2 aromatic carbocycles. The molecule has 3 rings (SSSR count). The van der Waals surface area contributed by atoms with Crippen LogP contribution >= 0.6 is 23.2 Å². The monoisotopic (exact) mass is 437 g/mol. The molecule has 5 nitrogen and oxygen atoms in total. The van der Waals surface area contributed by atoms with Crippen LogP contribution in [-0.4, -0.2) is 42.8 Å². The molecule has 0 saturated carbocycles. The number of methoxy groups -OCH3 is 1. The Bertz CT molecular complexity index is 874. The van der Waals surface area contributed by atoms with Gasteiger partial charge in [0, 0.05) is 6.54 Å². The van der Waals surface area contributed by atoms with E-state index in [4.69, 9.17) is 32.7 Å². The van der Waals surface area contributed by atoms with Crippen molar-refractivity contribution in [2.45, 2.75) is 25.8 Å². The molecule has 1 saturated heterocycles. The van der Waals surface area contributed by atoms with Crippen LogP contribution in [0.5, 0.6) is 11.5 Å². The number of carbonyl (C=O) groups is 1. The van der Waals surface area contributed by atoms with Crippen molar-refractivity contribution in [1.29, 1.82) is 0 Å². The topological polar surface area (TPSA) is 59.0 Å². The predicted molar refractivity (Wildman–Crippen MR) is 114 cm³/mol. The third kappa shape index (κ3) is 4.97. The fourth-order valence-electron chi connectivity index (χ4n) is 3.87. The zero-order chi connectivity index (χ0) is 21.0. The Kier molecular flexibility index (Phi) is 7.28. The largest absolute Gasteiger partial charge is 0.493 e. The second kappa shape index (κ2) is 9.70. The minimum atomic E-state index is -0.757. The SMILES string of the molecule is CCOc1cc(C(c2ccc(Cl)c(Cl)c2)N2CCCC(C(=O)O)C2)ccc1OC. The highest BCUT2D eigenvalue weighted by atomic mass is 35.5. The summed E-state index contributed by atoms with van der Waals surface area (Å²) in [5.74, 6) is 0.167. The molecule has 0 bridgehead atoms. The van der Waals surface area contributed by atoms with Crippen molar-refractivity contribution >= 4 is 29.2 Å². The first-order valence-corrected chi connectivity index (χ1v) is 10.4. The number of hydrogen-bond donors (Lipinski definition) is 1. The standard InChI is InChI=1S/C22H25Cl2NO4/c1-3-29-20-12-15(7-9-19(20)28-2)21(14-6-8-17(23)18(24)11-14)25-10-4-5-16(13-25)22(26)27/h6-9,11-12,16,21H,3-5,10,13H2,1-2H3,(H,26,27). The molecule has 156 valence electrons. The number of ether oxygens (including phenoxy) is 2. The van der Waals surface area contributed by atoms with E-state index in [2.05, 4.69) is 4.90 Å². The zero-order valence-corrected chi connectivity index (χ0v) is 18.0. The van der Waals surface area contributed by atoms with Crippen molar-refractivity contribution in [3.63, 3.8) is 0 Å². The van der Waals surface area contributed by atoms with E-state index in [1.54, 1.807) is 13.2 Å². The first kappa shape index (κ1) is 21.8. The van der Waals surface area contributed by atoms with E-state index in [1.807, 2.05) is 37.3 Å². The molecule has 2 atom stereocenters. The van der Waals surface area contributed by atoms with Crippen LogP contribution in [0.4, 0.5) is 0 Å². The molecule has 1 N–H and O–H groups in total. The number of halogens is 2. The maximum Gasteiger partial charge on any atom is 0.307 e. The van der Waals surface area contributed by atoms with Gasteiger partial charge in [-0.15, -0.1) is 0 Å². The summed E-state index contributed by atoms with van der Waals surface area (Å²) in [5, 5.41) is 10.5. The number of benzene rings is 2. The first-order valence-electron chi connectivity index (χ1n) is 9.67. The van der Waals surface area contributed by atoms with Crippen LogP contribution < -0.4 is 9.47 Å². The molecular weight excluding hydrogens is 413 g/mol. The Hall–Kier alpha value is -1.95. The molecule has 0 amide bonds. The summed E-state index contributed by atoms with van der Waals surface area (Å²) >= 11 is 12.4. The summed E-state index contributed by atoms with van der Waals surface area (Å²) in [7, 11) is 1.61. The highest BCUT2D eigenvalue weighted by molar-refractivity contribution is 6.42. The first-order chi connectivity index (χ1) is 13.9. The number of rotatable bonds is 7. The molecule has 2 unspecified atom stereocenters. The van der Waals surface area contributed by atoms with Crippen LogP contribution in [0.15, 0.2) is 36.4 Å². The fraction of sp³-hybridized carbons (Fsp3) is 0.409. The molecule has 0 aromatic heterocycles. The molecule has 29 heavy (non-hydrogen) atoms. The van der Waals surface area contributed by atoms with E-state index in [0.29, 0.717) is 41.1 Å². The molecular formula is C22H25Cl2NO4. The second-order valence-electron chi connectivity index (χ2n) is 7.09. The van der Waals surface area contributed by atoms with Crippen LogP contribution in [0.1, 0.15) is 36.9 Å². The Morgan fingerprint density at radius 2 is 1.90 bits per heavy atom. The lowest BCUT2D eigenvalue weighted by molar-refractivity contribution is -0.143. The van der Waals surface area contributed by atoms with Gasteiger partial charge in [0.1, 0.15) is 0 Å². The molecule has 7 heteroatoms. The second-order valence-corrected chi connectivity index (χ2v) is 7.91. The maximum atomic E-state index is 11.6. The van der Waals surface area contributed by atoms with Gasteiger partial charge in [0.15, 0.2) is 11.5 Å². The Morgan fingerprint density at radius 1 is 1.17 bits per heavy atom. The number of hydrogen-bond acceptors (Lipinski definition) is 4. The third-order valence-corrected chi connectivity index (χ3v) is 5.97. The van der Waals surface area contributed by atoms with E-state index in [0.717, 1.165) is 24.1 Å². The Labute approximate surface area is 181 Å². The smallest absolute Gasteiger partial charge is 0.307 e. The van der Waals surface area contributed by atoms with Crippen LogP contribution in [0.2, 0.25) is 10.0 Å². The quantitative estimate of drug-likeness (QED) is 0.637. The molecule has 1 aliphatic rings. The van der Waals surface area contributed by atoms with Gasteiger partial charge in [0.2, 0.25) is 0 Å². The van der Waals surface area contributed by atoms with Gasteiger partial charge in [-0.05, 0) is 61.7 Å². The summed E-state index contributed by atoms with van der Waals surface area (Å²) in [6, 6.07) is 11.2. The molecule has 0 radical (unpaired) electrons. The average Bonchev–Trinajstić information content (AvgIpc) is 2.71. The summed E-state index contributed by atoms with van der Waals surface area (Å²) in [4.78, 5) is 13.8. The van der Waals surface area contributed by atoms with E-state index in [9.17, 15) is 9.90 Å². The average molecular weight is 438 g/mol. The molecule has 1 heterocycles. The van der Waals surface area contributed by atoms with Crippen LogP contribution in [0.3, 0.4) is 0 Å². The summed E-state index contributed by atoms with van der Waals surface area (Å²) in [5.41, 5.74) is 1.94. The van der Waals surface area contributed by atoms with Gasteiger partial charge >= 0.3 is 5.97 Å². The van der Waals surface area contributed by atoms with Crippen molar-refractivity contribution < 1.29 is 19.4 Å². The normalized spacial score (nSPS) is 18.3. The Morgan fingerprint density at radius 3 is 2.55 bits per heavy atom. The number of carboxylic acid groups (broad SMARTS) is 1. The van der Waals surface area contributed by atoms with Gasteiger partial charge in [-0.2, -0.15) is 0 Å². The van der Waals surface area contributed by atoms with Gasteiger partial charge in [-0.1, -0.05) is 35.3 Å². The molecule has 0 spiro atoms. The van der Waals surface area contributed by atoms with Crippen LogP contribution in [-0.2, 0) is 4.79 Å². The van der Waals surface area contributed by atoms with E-state index in [-0.39, 0.29) is 6.04 Å². The number of aliphatic carboxylic acids is 1. The van der Waals surface area contributed by atoms with E-state index < -0.39 is 11.9 Å². The van der Waals surface area contributed by atoms with Gasteiger partial charge in [-0.25, -0.2) is 0 Å². The lowest BCUT2D eigenvalue weighted by Gasteiger charge is -2.38. The fourth-order valence-corrected chi connectivity index (χ4v) is 4.18. The van der Waals surface area contributed by atoms with Crippen molar-refractivity contribution in [2.75, 3.05) is 26.8 Å². The molecule has 1 fully saturated rings. The molecule has 1 aliphatic heterocycles. The van der Waals surface area contributed by atoms with Crippen molar-refractivity contribution in [2.24, 2.45) is 5.92 Å². The van der Waals surface area contributed by atoms with E-state index >= 15 is 0 Å². The maximum absolute atomic E-state index is 11.6. The highest BCUT2D eigenvalue weighted by Gasteiger charge is 2.32. The van der Waals surface area contributed by atoms with Gasteiger partial charge in [0.05, 0.1) is 35.7 Å². The van der Waals surface area contributed by atoms with Crippen LogP contribution in [0, 0.1) is 5.92 Å². The van der Waals surface area contributed by atoms with E-state index in [1.165, 1.54) is 0 Å². The Balaban J connectivity index is 2.06. The van der Waals surface area contributed by atoms with Crippen molar-refractivity contribution in [3.05, 3.63) is 57.6 Å². The minimum Gasteiger partial charge on any atom is -0.493 e. The minimum absolute atomic E-state index is 0.169. The number of carboxylic acids is 1. The molecule has 0 aliphatic carbocycles. The van der Waals surface area contributed by atoms with Crippen molar-refractivity contribution in [3.8, 4) is 11.5 Å². The van der Waals surface area contributed by atoms with Gasteiger partial charge < -0.3 is 14.6 Å². The zero-order valence-electron chi connectivity index (χ0n) is 16.5.